The lowest BCUT2D eigenvalue weighted by Gasteiger charge is -2.13. The summed E-state index contributed by atoms with van der Waals surface area (Å²) < 4.78 is 41.9. The van der Waals surface area contributed by atoms with Gasteiger partial charge in [-0.25, -0.2) is 9.98 Å². The third-order valence-electron chi connectivity index (χ3n) is 3.37. The number of hydrogen-bond acceptors (Lipinski definition) is 4. The lowest BCUT2D eigenvalue weighted by molar-refractivity contribution is -0.154. The van der Waals surface area contributed by atoms with E-state index in [9.17, 15) is 13.2 Å². The minimum Gasteiger partial charge on any atom is -0.468 e. The highest BCUT2D eigenvalue weighted by Crippen LogP contribution is 2.20. The van der Waals surface area contributed by atoms with Gasteiger partial charge in [-0.05, 0) is 25.1 Å². The van der Waals surface area contributed by atoms with Crippen molar-refractivity contribution in [3.05, 3.63) is 54.0 Å². The van der Waals surface area contributed by atoms with Gasteiger partial charge < -0.3 is 15.4 Å². The number of hydrogen-bond donors (Lipinski definition) is 2. The Morgan fingerprint density at radius 1 is 1.11 bits per heavy atom. The summed E-state index contributed by atoms with van der Waals surface area (Å²) >= 11 is 0. The smallest absolute Gasteiger partial charge is 0.422 e. The van der Waals surface area contributed by atoms with Crippen molar-refractivity contribution in [1.29, 1.82) is 0 Å². The molecule has 0 amide bonds. The maximum atomic E-state index is 12.4. The molecular weight excluding hydrogens is 359 g/mol. The van der Waals surface area contributed by atoms with Crippen LogP contribution in [0.25, 0.3) is 0 Å². The molecule has 2 heterocycles. The number of guanidine groups is 1. The van der Waals surface area contributed by atoms with Crippen molar-refractivity contribution in [2.24, 2.45) is 4.99 Å². The van der Waals surface area contributed by atoms with Gasteiger partial charge in [0.1, 0.15) is 0 Å². The van der Waals surface area contributed by atoms with Gasteiger partial charge in [-0.15, -0.1) is 0 Å². The highest BCUT2D eigenvalue weighted by Gasteiger charge is 2.29. The van der Waals surface area contributed by atoms with Gasteiger partial charge in [0, 0.05) is 43.2 Å². The molecule has 2 aromatic heterocycles. The molecule has 0 aliphatic heterocycles. The van der Waals surface area contributed by atoms with Gasteiger partial charge in [-0.1, -0.05) is 12.1 Å². The number of aliphatic imine (C=N–C) groups is 1. The van der Waals surface area contributed by atoms with Crippen LogP contribution in [0.5, 0.6) is 5.88 Å². The number of nitrogens with zero attached hydrogens (tertiary/aromatic N) is 3. The highest BCUT2D eigenvalue weighted by molar-refractivity contribution is 5.79. The van der Waals surface area contributed by atoms with Gasteiger partial charge >= 0.3 is 6.18 Å². The molecule has 0 radical (unpaired) electrons. The van der Waals surface area contributed by atoms with E-state index in [1.807, 2.05) is 25.1 Å². The molecular formula is C18H22F3N5O. The Kier molecular flexibility index (Phi) is 7.84. The zero-order valence-corrected chi connectivity index (χ0v) is 15.0. The molecule has 0 spiro atoms. The summed E-state index contributed by atoms with van der Waals surface area (Å²) in [5.41, 5.74) is 1.43. The Labute approximate surface area is 155 Å². The molecule has 9 heteroatoms. The minimum atomic E-state index is -4.42. The highest BCUT2D eigenvalue weighted by atomic mass is 19.4. The first kappa shape index (κ1) is 20.5. The number of halogens is 3. The van der Waals surface area contributed by atoms with Gasteiger partial charge in [-0.2, -0.15) is 13.2 Å². The maximum absolute atomic E-state index is 12.4. The largest absolute Gasteiger partial charge is 0.468 e. The average molecular weight is 381 g/mol. The van der Waals surface area contributed by atoms with Crippen LogP contribution in [-0.2, 0) is 13.0 Å². The van der Waals surface area contributed by atoms with E-state index in [2.05, 4.69) is 25.6 Å². The predicted octanol–water partition coefficient (Wildman–Crippen LogP) is 2.72. The number of aromatic nitrogens is 2. The molecule has 0 bridgehead atoms. The summed E-state index contributed by atoms with van der Waals surface area (Å²) in [7, 11) is 0. The lowest BCUT2D eigenvalue weighted by atomic mass is 10.2. The van der Waals surface area contributed by atoms with Gasteiger partial charge in [0.05, 0.1) is 6.54 Å². The third kappa shape index (κ3) is 7.93. The quantitative estimate of drug-likeness (QED) is 0.544. The second-order valence-electron chi connectivity index (χ2n) is 5.56. The molecule has 2 rings (SSSR count). The predicted molar refractivity (Wildman–Crippen MR) is 96.5 cm³/mol. The van der Waals surface area contributed by atoms with E-state index in [0.717, 1.165) is 12.1 Å². The fraction of sp³-hybridized carbons (Fsp3) is 0.389. The van der Waals surface area contributed by atoms with E-state index in [1.54, 1.807) is 18.3 Å². The first-order valence-corrected chi connectivity index (χ1v) is 8.53. The van der Waals surface area contributed by atoms with Crippen molar-refractivity contribution in [2.45, 2.75) is 26.1 Å². The first-order valence-electron chi connectivity index (χ1n) is 8.53. The second kappa shape index (κ2) is 10.3. The monoisotopic (exact) mass is 381 g/mol. The van der Waals surface area contributed by atoms with E-state index in [0.29, 0.717) is 24.6 Å². The van der Waals surface area contributed by atoms with Crippen molar-refractivity contribution in [2.75, 3.05) is 19.7 Å². The Bertz CT molecular complexity index is 722. The Morgan fingerprint density at radius 3 is 2.63 bits per heavy atom. The van der Waals surface area contributed by atoms with Crippen LogP contribution >= 0.6 is 0 Å². The third-order valence-corrected chi connectivity index (χ3v) is 3.37. The molecule has 0 aliphatic carbocycles. The van der Waals surface area contributed by atoms with Crippen molar-refractivity contribution >= 4 is 5.96 Å². The van der Waals surface area contributed by atoms with Crippen LogP contribution in [0.3, 0.4) is 0 Å². The number of pyridine rings is 2. The fourth-order valence-electron chi connectivity index (χ4n) is 2.19. The summed E-state index contributed by atoms with van der Waals surface area (Å²) in [6, 6.07) is 8.99. The molecule has 146 valence electrons. The molecule has 6 nitrogen and oxygen atoms in total. The Morgan fingerprint density at radius 2 is 1.93 bits per heavy atom. The zero-order chi connectivity index (χ0) is 19.5. The van der Waals surface area contributed by atoms with Crippen molar-refractivity contribution in [3.8, 4) is 5.88 Å². The summed E-state index contributed by atoms with van der Waals surface area (Å²) in [5.74, 6) is 0.488. The van der Waals surface area contributed by atoms with E-state index in [1.165, 1.54) is 6.20 Å². The van der Waals surface area contributed by atoms with Gasteiger partial charge in [0.2, 0.25) is 5.88 Å². The topological polar surface area (TPSA) is 71.4 Å². The summed E-state index contributed by atoms with van der Waals surface area (Å²) in [6.45, 7) is 1.95. The Hall–Kier alpha value is -2.84. The summed E-state index contributed by atoms with van der Waals surface area (Å²) in [4.78, 5) is 12.5. The van der Waals surface area contributed by atoms with Crippen LogP contribution in [0.4, 0.5) is 13.2 Å². The van der Waals surface area contributed by atoms with Crippen LogP contribution < -0.4 is 15.4 Å². The van der Waals surface area contributed by atoms with Gasteiger partial charge in [-0.3, -0.25) is 4.98 Å². The minimum absolute atomic E-state index is 0.0668. The van der Waals surface area contributed by atoms with Crippen LogP contribution in [0.2, 0.25) is 0 Å². The van der Waals surface area contributed by atoms with Crippen LogP contribution in [-0.4, -0.2) is 41.8 Å². The fourth-order valence-corrected chi connectivity index (χ4v) is 2.19. The molecule has 0 saturated carbocycles. The van der Waals surface area contributed by atoms with Crippen LogP contribution in [0.1, 0.15) is 18.2 Å². The second-order valence-corrected chi connectivity index (χ2v) is 5.56. The number of alkyl halides is 3. The number of nitrogens with one attached hydrogen (secondary N) is 2. The molecule has 0 atom stereocenters. The standard InChI is InChI=1S/C18H22F3N5O/c1-2-22-17(25-11-8-15-7-3-4-9-23-15)26-12-14-6-5-10-24-16(14)27-13-18(19,20)21/h3-7,9-10H,2,8,11-13H2,1H3,(H2,22,25,26). The van der Waals surface area contributed by atoms with E-state index >= 15 is 0 Å². The molecule has 2 N–H and O–H groups in total. The molecule has 0 saturated heterocycles. The van der Waals surface area contributed by atoms with Crippen molar-refractivity contribution in [1.82, 2.24) is 20.6 Å². The van der Waals surface area contributed by atoms with Gasteiger partial charge in [0.15, 0.2) is 12.6 Å². The lowest BCUT2D eigenvalue weighted by Crippen LogP contribution is -2.38. The zero-order valence-electron chi connectivity index (χ0n) is 15.0. The average Bonchev–Trinajstić information content (AvgIpc) is 2.65. The molecule has 0 unspecified atom stereocenters. The molecule has 2 aromatic rings. The van der Waals surface area contributed by atoms with Crippen LogP contribution in [0, 0.1) is 0 Å². The summed E-state index contributed by atoms with van der Waals surface area (Å²) in [5, 5.41) is 6.26. The normalized spacial score (nSPS) is 11.9. The first-order chi connectivity index (χ1) is 13.0. The molecule has 0 fully saturated rings. The Balaban J connectivity index is 1.95. The SMILES string of the molecule is CCNC(=NCc1cccnc1OCC(F)(F)F)NCCc1ccccn1. The molecule has 0 aromatic carbocycles. The van der Waals surface area contributed by atoms with E-state index in [4.69, 9.17) is 4.74 Å². The number of rotatable bonds is 8. The summed E-state index contributed by atoms with van der Waals surface area (Å²) in [6.07, 6.45) is -0.577. The maximum Gasteiger partial charge on any atom is 0.422 e. The van der Waals surface area contributed by atoms with Crippen LogP contribution in [0.15, 0.2) is 47.7 Å². The molecule has 27 heavy (non-hydrogen) atoms. The van der Waals surface area contributed by atoms with Gasteiger partial charge in [0.25, 0.3) is 0 Å². The van der Waals surface area contributed by atoms with E-state index < -0.39 is 12.8 Å². The van der Waals surface area contributed by atoms with Crippen molar-refractivity contribution in [3.63, 3.8) is 0 Å². The van der Waals surface area contributed by atoms with E-state index in [-0.39, 0.29) is 12.4 Å². The van der Waals surface area contributed by atoms with Crippen molar-refractivity contribution < 1.29 is 17.9 Å². The molecule has 0 aliphatic rings. The number of ether oxygens (including phenoxy) is 1.